The number of hydrogen-bond donors (Lipinski definition) is 0. The van der Waals surface area contributed by atoms with Gasteiger partial charge in [0.2, 0.25) is 0 Å². The summed E-state index contributed by atoms with van der Waals surface area (Å²) >= 11 is 0. The van der Waals surface area contributed by atoms with Crippen molar-refractivity contribution in [2.45, 2.75) is 0 Å². The molecule has 2 heterocycles. The van der Waals surface area contributed by atoms with Crippen LogP contribution in [0.1, 0.15) is 0 Å². The summed E-state index contributed by atoms with van der Waals surface area (Å²) in [5.41, 5.74) is 16.8. The molecule has 2 heteroatoms. The third kappa shape index (κ3) is 5.19. The zero-order chi connectivity index (χ0) is 37.0. The molecule has 0 unspecified atom stereocenters. The number of para-hydroxylation sites is 3. The highest BCUT2D eigenvalue weighted by Crippen LogP contribution is 2.42. The maximum Gasteiger partial charge on any atom is 0.0619 e. The molecule has 0 aliphatic carbocycles. The average Bonchev–Trinajstić information content (AvgIpc) is 3.79. The minimum Gasteiger partial charge on any atom is -0.309 e. The minimum atomic E-state index is 1.16. The van der Waals surface area contributed by atoms with Crippen LogP contribution in [-0.4, -0.2) is 9.13 Å². The maximum atomic E-state index is 2.45. The fourth-order valence-electron chi connectivity index (χ4n) is 8.75. The van der Waals surface area contributed by atoms with Crippen molar-refractivity contribution in [1.29, 1.82) is 0 Å². The summed E-state index contributed by atoms with van der Waals surface area (Å²) in [5, 5.41) is 4.97. The smallest absolute Gasteiger partial charge is 0.0619 e. The molecule has 0 saturated carbocycles. The maximum absolute atomic E-state index is 2.45. The molecule has 0 radical (unpaired) electrons. The van der Waals surface area contributed by atoms with E-state index >= 15 is 0 Å². The van der Waals surface area contributed by atoms with Crippen LogP contribution in [0.3, 0.4) is 0 Å². The van der Waals surface area contributed by atoms with E-state index in [4.69, 9.17) is 0 Å². The van der Waals surface area contributed by atoms with Gasteiger partial charge in [0.1, 0.15) is 0 Å². The van der Waals surface area contributed by atoms with E-state index in [9.17, 15) is 0 Å². The van der Waals surface area contributed by atoms with Crippen molar-refractivity contribution in [3.8, 4) is 55.9 Å². The second-order valence-corrected chi connectivity index (χ2v) is 14.5. The number of aromatic nitrogens is 2. The molecule has 262 valence electrons. The van der Waals surface area contributed by atoms with Crippen molar-refractivity contribution in [2.75, 3.05) is 0 Å². The Morgan fingerprint density at radius 1 is 0.250 bits per heavy atom. The van der Waals surface area contributed by atoms with Crippen LogP contribution in [0.4, 0.5) is 0 Å². The van der Waals surface area contributed by atoms with Gasteiger partial charge in [-0.1, -0.05) is 164 Å². The monoisotopic (exact) mass is 712 g/mol. The Bertz CT molecular complexity index is 3210. The van der Waals surface area contributed by atoms with Crippen LogP contribution in [0.15, 0.2) is 218 Å². The van der Waals surface area contributed by atoms with E-state index in [0.717, 1.165) is 5.69 Å². The molecule has 0 N–H and O–H groups in total. The van der Waals surface area contributed by atoms with E-state index in [1.807, 2.05) is 0 Å². The van der Waals surface area contributed by atoms with Gasteiger partial charge < -0.3 is 9.13 Å². The molecule has 0 bridgehead atoms. The Balaban J connectivity index is 1.11. The van der Waals surface area contributed by atoms with Gasteiger partial charge in [-0.05, 0) is 88.0 Å². The first-order chi connectivity index (χ1) is 27.8. The highest BCUT2D eigenvalue weighted by Gasteiger charge is 2.20. The number of nitrogens with zero attached hydrogens (tertiary/aromatic N) is 2. The molecular weight excluding hydrogens is 677 g/mol. The molecule has 2 aromatic heterocycles. The van der Waals surface area contributed by atoms with Gasteiger partial charge in [0.05, 0.1) is 27.8 Å². The molecule has 0 fully saturated rings. The lowest BCUT2D eigenvalue weighted by Crippen LogP contribution is -1.98. The predicted molar refractivity (Wildman–Crippen MR) is 237 cm³/mol. The summed E-state index contributed by atoms with van der Waals surface area (Å²) in [6.45, 7) is 0. The van der Waals surface area contributed by atoms with Crippen molar-refractivity contribution in [3.05, 3.63) is 218 Å². The molecule has 0 aliphatic heterocycles. The third-order valence-corrected chi connectivity index (χ3v) is 11.3. The SMILES string of the molecule is c1ccc(-c2ccc(-n3c4ccccc4c4cc(-c5ccc6c(c5)c5cccc(-c7ccccc7)c5n6-c5ccccc5)ccc43)c(-c3ccccc3)c2)cc1. The lowest BCUT2D eigenvalue weighted by Gasteiger charge is -2.16. The summed E-state index contributed by atoms with van der Waals surface area (Å²) in [4.78, 5) is 0. The molecular formula is C54H36N2. The second kappa shape index (κ2) is 13.2. The van der Waals surface area contributed by atoms with E-state index in [-0.39, 0.29) is 0 Å². The van der Waals surface area contributed by atoms with Gasteiger partial charge in [0.25, 0.3) is 0 Å². The van der Waals surface area contributed by atoms with Crippen molar-refractivity contribution < 1.29 is 0 Å². The van der Waals surface area contributed by atoms with Gasteiger partial charge in [-0.25, -0.2) is 0 Å². The first-order valence-electron chi connectivity index (χ1n) is 19.3. The molecule has 0 aliphatic rings. The van der Waals surface area contributed by atoms with E-state index < -0.39 is 0 Å². The summed E-state index contributed by atoms with van der Waals surface area (Å²) in [6.07, 6.45) is 0. The molecule has 11 aromatic rings. The predicted octanol–water partition coefficient (Wildman–Crippen LogP) is 14.5. The first kappa shape index (κ1) is 32.0. The van der Waals surface area contributed by atoms with Gasteiger partial charge in [-0.15, -0.1) is 0 Å². The highest BCUT2D eigenvalue weighted by atomic mass is 15.0. The van der Waals surface area contributed by atoms with Gasteiger partial charge in [0.15, 0.2) is 0 Å². The highest BCUT2D eigenvalue weighted by molar-refractivity contribution is 6.15. The molecule has 0 amide bonds. The van der Waals surface area contributed by atoms with Gasteiger partial charge in [-0.3, -0.25) is 0 Å². The molecule has 2 nitrogen and oxygen atoms in total. The largest absolute Gasteiger partial charge is 0.309 e. The van der Waals surface area contributed by atoms with Crippen LogP contribution in [-0.2, 0) is 0 Å². The van der Waals surface area contributed by atoms with E-state index in [2.05, 4.69) is 228 Å². The minimum absolute atomic E-state index is 1.16. The molecule has 56 heavy (non-hydrogen) atoms. The van der Waals surface area contributed by atoms with Crippen LogP contribution in [0.2, 0.25) is 0 Å². The third-order valence-electron chi connectivity index (χ3n) is 11.3. The topological polar surface area (TPSA) is 9.86 Å². The molecule has 0 saturated heterocycles. The number of hydrogen-bond acceptors (Lipinski definition) is 0. The fraction of sp³-hybridized carbons (Fsp3) is 0. The van der Waals surface area contributed by atoms with E-state index in [1.54, 1.807) is 0 Å². The zero-order valence-electron chi connectivity index (χ0n) is 30.7. The van der Waals surface area contributed by atoms with Crippen molar-refractivity contribution >= 4 is 43.6 Å². The van der Waals surface area contributed by atoms with Crippen molar-refractivity contribution in [2.24, 2.45) is 0 Å². The Kier molecular flexibility index (Phi) is 7.53. The van der Waals surface area contributed by atoms with Gasteiger partial charge in [0, 0.05) is 38.4 Å². The van der Waals surface area contributed by atoms with Crippen LogP contribution < -0.4 is 0 Å². The summed E-state index contributed by atoms with van der Waals surface area (Å²) in [5.74, 6) is 0. The molecule has 11 rings (SSSR count). The zero-order valence-corrected chi connectivity index (χ0v) is 30.7. The van der Waals surface area contributed by atoms with Gasteiger partial charge in [-0.2, -0.15) is 0 Å². The van der Waals surface area contributed by atoms with Crippen LogP contribution in [0.25, 0.3) is 99.5 Å². The lowest BCUT2D eigenvalue weighted by atomic mass is 9.97. The van der Waals surface area contributed by atoms with Gasteiger partial charge >= 0.3 is 0 Å². The molecule has 9 aromatic carbocycles. The second-order valence-electron chi connectivity index (χ2n) is 14.5. The normalized spacial score (nSPS) is 11.6. The first-order valence-corrected chi connectivity index (χ1v) is 19.3. The van der Waals surface area contributed by atoms with Crippen LogP contribution in [0, 0.1) is 0 Å². The molecule has 0 atom stereocenters. The lowest BCUT2D eigenvalue weighted by molar-refractivity contribution is 1.18. The Hall–Kier alpha value is -7.42. The Labute approximate surface area is 325 Å². The van der Waals surface area contributed by atoms with Crippen LogP contribution in [0.5, 0.6) is 0 Å². The summed E-state index contributed by atoms with van der Waals surface area (Å²) < 4.78 is 4.88. The standard InChI is InChI=1S/C54H36N2/c1-5-16-37(17-6-1)40-28-31-51(47(34-40)39-20-9-3-10-21-39)56-50-27-14-13-24-45(50)48-35-41(30-33-53(48)56)42-29-32-52-49(36-42)46-26-15-25-44(38-18-7-2-8-19-38)54(46)55(52)43-22-11-4-12-23-43/h1-36H. The summed E-state index contributed by atoms with van der Waals surface area (Å²) in [6, 6.07) is 79.4. The van der Waals surface area contributed by atoms with E-state index in [0.29, 0.717) is 0 Å². The average molecular weight is 713 g/mol. The van der Waals surface area contributed by atoms with Crippen LogP contribution >= 0.6 is 0 Å². The van der Waals surface area contributed by atoms with E-state index in [1.165, 1.54) is 93.8 Å². The van der Waals surface area contributed by atoms with Crippen molar-refractivity contribution in [1.82, 2.24) is 9.13 Å². The quantitative estimate of drug-likeness (QED) is 0.162. The Morgan fingerprint density at radius 3 is 1.41 bits per heavy atom. The number of rotatable bonds is 6. The number of benzene rings is 9. The molecule has 0 spiro atoms. The Morgan fingerprint density at radius 2 is 0.732 bits per heavy atom. The fourth-order valence-corrected chi connectivity index (χ4v) is 8.75. The summed E-state index contributed by atoms with van der Waals surface area (Å²) in [7, 11) is 0. The van der Waals surface area contributed by atoms with Crippen molar-refractivity contribution in [3.63, 3.8) is 0 Å². The number of fused-ring (bicyclic) bond motifs is 6.